The summed E-state index contributed by atoms with van der Waals surface area (Å²) >= 11 is 0. The van der Waals surface area contributed by atoms with Crippen LogP contribution in [0, 0.1) is 0 Å². The first-order valence-corrected chi connectivity index (χ1v) is 10.7. The molecule has 0 aliphatic heterocycles. The summed E-state index contributed by atoms with van der Waals surface area (Å²) in [5.74, 6) is 0. The molecule has 0 saturated carbocycles. The van der Waals surface area contributed by atoms with E-state index in [0.29, 0.717) is 13.2 Å². The minimum Gasteiger partial charge on any atom is -0.781 e. The fourth-order valence-electron chi connectivity index (χ4n) is 1.72. The maximum atomic E-state index is 9.94. The van der Waals surface area contributed by atoms with E-state index in [9.17, 15) is 18.9 Å². The van der Waals surface area contributed by atoms with Gasteiger partial charge in [-0.05, 0) is 12.8 Å². The monoisotopic (exact) mass is 414 g/mol. The van der Waals surface area contributed by atoms with E-state index in [4.69, 9.17) is 0 Å². The molecule has 0 aliphatic carbocycles. The van der Waals surface area contributed by atoms with E-state index in [-0.39, 0.29) is 17.1 Å². The van der Waals surface area contributed by atoms with Crippen molar-refractivity contribution in [1.29, 1.82) is 0 Å². The summed E-state index contributed by atoms with van der Waals surface area (Å²) in [5, 5.41) is 0. The summed E-state index contributed by atoms with van der Waals surface area (Å²) in [6, 6.07) is 0. The molecule has 0 amide bonds. The summed E-state index contributed by atoms with van der Waals surface area (Å²) in [7, 11) is -5.85. The van der Waals surface area contributed by atoms with Crippen molar-refractivity contribution in [3.05, 3.63) is 0 Å². The first kappa shape index (κ1) is 28.6. The number of hydrogen-bond donors (Lipinski definition) is 0. The van der Waals surface area contributed by atoms with Gasteiger partial charge in [0, 0.05) is 0 Å². The second-order valence-corrected chi connectivity index (χ2v) is 6.60. The number of rotatable bonds is 14. The molecule has 2 atom stereocenters. The van der Waals surface area contributed by atoms with E-state index in [1.165, 1.54) is 38.5 Å². The Kier molecular flexibility index (Phi) is 31.2. The van der Waals surface area contributed by atoms with E-state index >= 15 is 0 Å². The predicted molar refractivity (Wildman–Crippen MR) is 87.4 cm³/mol. The molecule has 0 aromatic carbocycles. The SMILES string of the molecule is CCCCCCCO[PH](=O)[O-].CCCCCCCO[PH](=O)[O-].[Fe+2]. The van der Waals surface area contributed by atoms with Gasteiger partial charge in [0.2, 0.25) is 0 Å². The third kappa shape index (κ3) is 35.0. The molecular formula is C14H32FeO6P2. The van der Waals surface area contributed by atoms with Crippen LogP contribution >= 0.6 is 16.5 Å². The van der Waals surface area contributed by atoms with Crippen LogP contribution in [0.4, 0.5) is 0 Å². The molecule has 6 nitrogen and oxygen atoms in total. The van der Waals surface area contributed by atoms with Gasteiger partial charge in [-0.1, -0.05) is 65.2 Å². The summed E-state index contributed by atoms with van der Waals surface area (Å²) in [6.07, 6.45) is 11.1. The predicted octanol–water partition coefficient (Wildman–Crippen LogP) is 3.44. The summed E-state index contributed by atoms with van der Waals surface area (Å²) in [4.78, 5) is 19.9. The van der Waals surface area contributed by atoms with Crippen LogP contribution in [0.1, 0.15) is 78.1 Å². The van der Waals surface area contributed by atoms with E-state index in [2.05, 4.69) is 22.9 Å². The van der Waals surface area contributed by atoms with Crippen LogP contribution in [0.2, 0.25) is 0 Å². The van der Waals surface area contributed by atoms with Gasteiger partial charge in [0.05, 0.1) is 13.2 Å². The van der Waals surface area contributed by atoms with Gasteiger partial charge in [-0.3, -0.25) is 0 Å². The third-order valence-electron chi connectivity index (χ3n) is 2.94. The molecule has 0 radical (unpaired) electrons. The summed E-state index contributed by atoms with van der Waals surface area (Å²) < 4.78 is 28.7. The smallest absolute Gasteiger partial charge is 0.781 e. The first-order chi connectivity index (χ1) is 10.5. The van der Waals surface area contributed by atoms with Crippen LogP contribution in [0.25, 0.3) is 0 Å². The minimum atomic E-state index is -2.93. The van der Waals surface area contributed by atoms with Crippen LogP contribution in [-0.4, -0.2) is 13.2 Å². The Balaban J connectivity index is -0.000000333. The van der Waals surface area contributed by atoms with Gasteiger partial charge in [0.1, 0.15) is 16.5 Å². The van der Waals surface area contributed by atoms with Gasteiger partial charge in [-0.15, -0.1) is 0 Å². The number of hydrogen-bond acceptors (Lipinski definition) is 6. The molecule has 9 heteroatoms. The average Bonchev–Trinajstić information content (AvgIpc) is 2.46. The molecule has 0 N–H and O–H groups in total. The van der Waals surface area contributed by atoms with E-state index in [1.54, 1.807) is 0 Å². The second-order valence-electron chi connectivity index (χ2n) is 5.03. The maximum Gasteiger partial charge on any atom is 2.00 e. The second kappa shape index (κ2) is 25.1. The Morgan fingerprint density at radius 3 is 1.22 bits per heavy atom. The van der Waals surface area contributed by atoms with Crippen molar-refractivity contribution in [2.24, 2.45) is 0 Å². The molecule has 0 rings (SSSR count). The van der Waals surface area contributed by atoms with Gasteiger partial charge in [-0.2, -0.15) is 0 Å². The normalized spacial score (nSPS) is 12.7. The van der Waals surface area contributed by atoms with Crippen LogP contribution in [0.15, 0.2) is 0 Å². The van der Waals surface area contributed by atoms with Gasteiger partial charge >= 0.3 is 17.1 Å². The van der Waals surface area contributed by atoms with E-state index in [0.717, 1.165) is 25.7 Å². The van der Waals surface area contributed by atoms with Gasteiger partial charge in [0.15, 0.2) is 0 Å². The molecule has 2 unspecified atom stereocenters. The Morgan fingerprint density at radius 1 is 0.652 bits per heavy atom. The molecular weight excluding hydrogens is 382 g/mol. The minimum absolute atomic E-state index is 0. The van der Waals surface area contributed by atoms with E-state index < -0.39 is 16.5 Å². The Hall–Kier alpha value is 0.819. The molecule has 0 aliphatic rings. The Labute approximate surface area is 153 Å². The Bertz CT molecular complexity index is 244. The van der Waals surface area contributed by atoms with Crippen molar-refractivity contribution in [3.8, 4) is 0 Å². The molecule has 0 heterocycles. The van der Waals surface area contributed by atoms with Crippen molar-refractivity contribution < 1.29 is 45.0 Å². The molecule has 0 aromatic rings. The van der Waals surface area contributed by atoms with E-state index in [1.807, 2.05) is 0 Å². The standard InChI is InChI=1S/2C7H17O3P.Fe/c2*1-2-3-4-5-6-7-10-11(8)9;/h2*11H,2-7H2,1H3,(H,8,9);/q;;+2/p-2. The van der Waals surface area contributed by atoms with Crippen molar-refractivity contribution in [3.63, 3.8) is 0 Å². The molecule has 23 heavy (non-hydrogen) atoms. The first-order valence-electron chi connectivity index (χ1n) is 8.22. The molecule has 0 bridgehead atoms. The van der Waals surface area contributed by atoms with Crippen LogP contribution in [-0.2, 0) is 35.2 Å². The van der Waals surface area contributed by atoms with Gasteiger partial charge < -0.3 is 28.0 Å². The largest absolute Gasteiger partial charge is 2.00 e. The fraction of sp³-hybridized carbons (Fsp3) is 1.00. The maximum absolute atomic E-state index is 9.94. The summed E-state index contributed by atoms with van der Waals surface area (Å²) in [5.41, 5.74) is 0. The Morgan fingerprint density at radius 2 is 0.957 bits per heavy atom. The quantitative estimate of drug-likeness (QED) is 0.245. The molecule has 0 fully saturated rings. The fourth-order valence-corrected chi connectivity index (χ4v) is 2.34. The molecule has 0 aromatic heterocycles. The zero-order valence-corrected chi connectivity index (χ0v) is 17.4. The summed E-state index contributed by atoms with van der Waals surface area (Å²) in [6.45, 7) is 5.02. The van der Waals surface area contributed by atoms with Crippen molar-refractivity contribution in [2.45, 2.75) is 78.1 Å². The third-order valence-corrected chi connectivity index (χ3v) is 3.82. The van der Waals surface area contributed by atoms with Crippen molar-refractivity contribution in [2.75, 3.05) is 13.2 Å². The zero-order valence-electron chi connectivity index (χ0n) is 14.3. The van der Waals surface area contributed by atoms with Crippen molar-refractivity contribution >= 4 is 16.5 Å². The van der Waals surface area contributed by atoms with Crippen molar-refractivity contribution in [1.82, 2.24) is 0 Å². The molecule has 0 spiro atoms. The zero-order chi connectivity index (χ0) is 17.1. The number of unbranched alkanes of at least 4 members (excludes halogenated alkanes) is 8. The van der Waals surface area contributed by atoms with Crippen LogP contribution < -0.4 is 9.79 Å². The van der Waals surface area contributed by atoms with Gasteiger partial charge in [0.25, 0.3) is 0 Å². The van der Waals surface area contributed by atoms with Gasteiger partial charge in [-0.25, -0.2) is 0 Å². The van der Waals surface area contributed by atoms with Crippen LogP contribution in [0.3, 0.4) is 0 Å². The molecule has 142 valence electrons. The molecule has 0 saturated heterocycles. The average molecular weight is 414 g/mol. The topological polar surface area (TPSA) is 98.7 Å². The van der Waals surface area contributed by atoms with Crippen LogP contribution in [0.5, 0.6) is 0 Å².